The summed E-state index contributed by atoms with van der Waals surface area (Å²) >= 11 is 0. The minimum absolute atomic E-state index is 0.131. The number of aromatic nitrogens is 1. The van der Waals surface area contributed by atoms with E-state index in [1.165, 1.54) is 0 Å². The SMILES string of the molecule is Cc1c(C(=O)NCc2ccccc2)[nH]c2ccc(NS(=O)(=O)CCCCF)cc12. The maximum atomic E-state index is 12.6. The number of hydrogen-bond donors (Lipinski definition) is 3. The Morgan fingerprint density at radius 2 is 1.86 bits per heavy atom. The second-order valence-corrected chi connectivity index (χ2v) is 8.71. The zero-order valence-electron chi connectivity index (χ0n) is 16.2. The van der Waals surface area contributed by atoms with E-state index in [9.17, 15) is 17.6 Å². The van der Waals surface area contributed by atoms with Crippen molar-refractivity contribution < 1.29 is 17.6 Å². The second kappa shape index (κ2) is 9.09. The number of aryl methyl sites for hydroxylation is 1. The first kappa shape index (κ1) is 20.9. The maximum absolute atomic E-state index is 12.6. The Bertz CT molecular complexity index is 1100. The van der Waals surface area contributed by atoms with Crippen molar-refractivity contribution in [1.29, 1.82) is 0 Å². The number of fused-ring (bicyclic) bond motifs is 1. The zero-order valence-corrected chi connectivity index (χ0v) is 17.0. The van der Waals surface area contributed by atoms with Gasteiger partial charge in [0.15, 0.2) is 0 Å². The molecule has 6 nitrogen and oxygen atoms in total. The van der Waals surface area contributed by atoms with Crippen LogP contribution < -0.4 is 10.0 Å². The molecule has 154 valence electrons. The molecule has 3 rings (SSSR count). The molecule has 0 aliphatic carbocycles. The number of benzene rings is 2. The minimum Gasteiger partial charge on any atom is -0.350 e. The lowest BCUT2D eigenvalue weighted by Gasteiger charge is -2.08. The lowest BCUT2D eigenvalue weighted by atomic mass is 10.1. The zero-order chi connectivity index (χ0) is 20.9. The number of sulfonamides is 1. The molecule has 1 heterocycles. The van der Waals surface area contributed by atoms with Crippen molar-refractivity contribution in [3.8, 4) is 0 Å². The van der Waals surface area contributed by atoms with Crippen molar-refractivity contribution in [2.75, 3.05) is 17.1 Å². The standard InChI is InChI=1S/C21H24FN3O3S/c1-15-18-13-17(25-29(27,28)12-6-5-11-22)9-10-19(18)24-20(15)21(26)23-14-16-7-3-2-4-8-16/h2-4,7-10,13,24-25H,5-6,11-12,14H2,1H3,(H,23,26). The molecule has 0 radical (unpaired) electrons. The summed E-state index contributed by atoms with van der Waals surface area (Å²) < 4.78 is 38.9. The van der Waals surface area contributed by atoms with Crippen molar-refractivity contribution in [2.45, 2.75) is 26.3 Å². The monoisotopic (exact) mass is 417 g/mol. The van der Waals surface area contributed by atoms with Crippen LogP contribution in [0.15, 0.2) is 48.5 Å². The summed E-state index contributed by atoms with van der Waals surface area (Å²) in [5, 5.41) is 3.65. The quantitative estimate of drug-likeness (QED) is 0.461. The van der Waals surface area contributed by atoms with Crippen LogP contribution in [0.2, 0.25) is 0 Å². The number of halogens is 1. The molecule has 1 amide bonds. The molecule has 2 aromatic carbocycles. The molecule has 0 bridgehead atoms. The van der Waals surface area contributed by atoms with Crippen molar-refractivity contribution in [1.82, 2.24) is 10.3 Å². The van der Waals surface area contributed by atoms with Crippen LogP contribution in [0.1, 0.15) is 34.5 Å². The summed E-state index contributed by atoms with van der Waals surface area (Å²) in [5.41, 5.74) is 3.34. The lowest BCUT2D eigenvalue weighted by molar-refractivity contribution is 0.0946. The van der Waals surface area contributed by atoms with E-state index < -0.39 is 16.7 Å². The predicted molar refractivity (Wildman–Crippen MR) is 113 cm³/mol. The van der Waals surface area contributed by atoms with Gasteiger partial charge in [-0.25, -0.2) is 8.42 Å². The summed E-state index contributed by atoms with van der Waals surface area (Å²) in [6.45, 7) is 1.70. The number of carbonyl (C=O) groups excluding carboxylic acids is 1. The number of H-pyrrole nitrogens is 1. The van der Waals surface area contributed by atoms with Gasteiger partial charge in [0, 0.05) is 23.1 Å². The highest BCUT2D eigenvalue weighted by atomic mass is 32.2. The third-order valence-corrected chi connectivity index (χ3v) is 6.02. The van der Waals surface area contributed by atoms with Gasteiger partial charge in [-0.2, -0.15) is 0 Å². The fourth-order valence-electron chi connectivity index (χ4n) is 3.10. The lowest BCUT2D eigenvalue weighted by Crippen LogP contribution is -2.23. The van der Waals surface area contributed by atoms with Crippen LogP contribution in [0.5, 0.6) is 0 Å². The fourth-order valence-corrected chi connectivity index (χ4v) is 4.27. The van der Waals surface area contributed by atoms with Crippen molar-refractivity contribution in [3.05, 3.63) is 65.4 Å². The maximum Gasteiger partial charge on any atom is 0.268 e. The first-order valence-corrected chi connectivity index (χ1v) is 11.1. The number of nitrogens with one attached hydrogen (secondary N) is 3. The Hall–Kier alpha value is -2.87. The Balaban J connectivity index is 1.74. The summed E-state index contributed by atoms with van der Waals surface area (Å²) in [6, 6.07) is 14.7. The van der Waals surface area contributed by atoms with Crippen molar-refractivity contribution in [2.24, 2.45) is 0 Å². The highest BCUT2D eigenvalue weighted by Crippen LogP contribution is 2.25. The van der Waals surface area contributed by atoms with Gasteiger partial charge >= 0.3 is 0 Å². The number of amides is 1. The molecule has 0 saturated heterocycles. The summed E-state index contributed by atoms with van der Waals surface area (Å²) in [7, 11) is -3.54. The molecular formula is C21H24FN3O3S. The Kier molecular flexibility index (Phi) is 6.53. The minimum atomic E-state index is -3.54. The fraction of sp³-hybridized carbons (Fsp3) is 0.286. The molecule has 1 aromatic heterocycles. The van der Waals surface area contributed by atoms with Gasteiger partial charge < -0.3 is 10.3 Å². The normalized spacial score (nSPS) is 11.5. The van der Waals surface area contributed by atoms with Crippen LogP contribution in [0, 0.1) is 6.92 Å². The van der Waals surface area contributed by atoms with Gasteiger partial charge in [-0.15, -0.1) is 0 Å². The molecule has 0 fully saturated rings. The van der Waals surface area contributed by atoms with Gasteiger partial charge in [0.1, 0.15) is 5.69 Å². The molecule has 0 aliphatic rings. The first-order chi connectivity index (χ1) is 13.9. The van der Waals surface area contributed by atoms with Crippen LogP contribution in [-0.4, -0.2) is 31.7 Å². The largest absolute Gasteiger partial charge is 0.350 e. The Morgan fingerprint density at radius 1 is 1.10 bits per heavy atom. The van der Waals surface area contributed by atoms with Gasteiger partial charge in [0.2, 0.25) is 10.0 Å². The van der Waals surface area contributed by atoms with E-state index in [4.69, 9.17) is 0 Å². The molecule has 0 aliphatic heterocycles. The summed E-state index contributed by atoms with van der Waals surface area (Å²) in [5.74, 6) is -0.357. The van der Waals surface area contributed by atoms with E-state index in [-0.39, 0.29) is 24.5 Å². The molecule has 8 heteroatoms. The number of carbonyl (C=O) groups is 1. The van der Waals surface area contributed by atoms with Crippen LogP contribution in [0.4, 0.5) is 10.1 Å². The third-order valence-electron chi connectivity index (χ3n) is 4.65. The highest BCUT2D eigenvalue weighted by molar-refractivity contribution is 7.92. The molecule has 29 heavy (non-hydrogen) atoms. The van der Waals surface area contributed by atoms with Gasteiger partial charge in [-0.3, -0.25) is 13.9 Å². The van der Waals surface area contributed by atoms with Crippen molar-refractivity contribution in [3.63, 3.8) is 0 Å². The topological polar surface area (TPSA) is 91.1 Å². The number of rotatable bonds is 9. The molecule has 0 unspecified atom stereocenters. The van der Waals surface area contributed by atoms with Gasteiger partial charge in [0.05, 0.1) is 12.4 Å². The van der Waals surface area contributed by atoms with Gasteiger partial charge in [-0.05, 0) is 49.1 Å². The van der Waals surface area contributed by atoms with E-state index in [1.54, 1.807) is 18.2 Å². The number of unbranched alkanes of at least 4 members (excludes halogenated alkanes) is 1. The number of aromatic amines is 1. The molecule has 3 N–H and O–H groups in total. The number of hydrogen-bond acceptors (Lipinski definition) is 3. The van der Waals surface area contributed by atoms with Crippen LogP contribution in [0.25, 0.3) is 10.9 Å². The van der Waals surface area contributed by atoms with E-state index in [1.807, 2.05) is 37.3 Å². The Morgan fingerprint density at radius 3 is 2.59 bits per heavy atom. The average Bonchev–Trinajstić information content (AvgIpc) is 3.03. The molecule has 0 spiro atoms. The Labute approximate surface area is 169 Å². The second-order valence-electron chi connectivity index (χ2n) is 6.87. The van der Waals surface area contributed by atoms with Crippen LogP contribution >= 0.6 is 0 Å². The van der Waals surface area contributed by atoms with Crippen LogP contribution in [0.3, 0.4) is 0 Å². The molecule has 0 saturated carbocycles. The van der Waals surface area contributed by atoms with E-state index in [0.29, 0.717) is 17.9 Å². The van der Waals surface area contributed by atoms with Crippen molar-refractivity contribution >= 4 is 32.5 Å². The highest BCUT2D eigenvalue weighted by Gasteiger charge is 2.16. The summed E-state index contributed by atoms with van der Waals surface area (Å²) in [4.78, 5) is 15.7. The number of alkyl halides is 1. The smallest absolute Gasteiger partial charge is 0.268 e. The average molecular weight is 418 g/mol. The van der Waals surface area contributed by atoms with Crippen LogP contribution in [-0.2, 0) is 16.6 Å². The predicted octanol–water partition coefficient (Wildman–Crippen LogP) is 3.90. The van der Waals surface area contributed by atoms with E-state index in [0.717, 1.165) is 22.0 Å². The molecule has 0 atom stereocenters. The van der Waals surface area contributed by atoms with E-state index >= 15 is 0 Å². The summed E-state index contributed by atoms with van der Waals surface area (Å²) in [6.07, 6.45) is 0.487. The molecular weight excluding hydrogens is 393 g/mol. The van der Waals surface area contributed by atoms with E-state index in [2.05, 4.69) is 15.0 Å². The van der Waals surface area contributed by atoms with Gasteiger partial charge in [0.25, 0.3) is 5.91 Å². The third kappa shape index (κ3) is 5.35. The first-order valence-electron chi connectivity index (χ1n) is 9.40. The molecule has 3 aromatic rings. The number of anilines is 1. The van der Waals surface area contributed by atoms with Gasteiger partial charge in [-0.1, -0.05) is 30.3 Å².